The normalized spacial score (nSPS) is 27.2. The molecule has 3 aliphatic heterocycles. The number of hydrogen-bond donors (Lipinski definition) is 0. The standard InChI is InChI=1S/C21H23FN4S/c1-14-13-26-20(19(24-21(26)27-14)17-6-2-3-9-23-17)15-7-8-18(16(22)12-15)25-10-4-5-11-25/h2-3,6-9,12,14,19-20H,4-5,10-11,13H2,1H3/t14-,19+,20+/m1/s1. The first-order valence-electron chi connectivity index (χ1n) is 9.67. The van der Waals surface area contributed by atoms with E-state index in [1.807, 2.05) is 30.5 Å². The quantitative estimate of drug-likeness (QED) is 0.787. The molecular weight excluding hydrogens is 359 g/mol. The molecule has 2 aromatic rings. The molecule has 2 saturated heterocycles. The van der Waals surface area contributed by atoms with Gasteiger partial charge in [0.05, 0.1) is 17.4 Å². The number of hydrogen-bond acceptors (Lipinski definition) is 5. The second-order valence-electron chi connectivity index (χ2n) is 7.54. The van der Waals surface area contributed by atoms with Gasteiger partial charge in [0.1, 0.15) is 11.9 Å². The van der Waals surface area contributed by atoms with Crippen LogP contribution in [0.4, 0.5) is 10.1 Å². The molecule has 0 unspecified atom stereocenters. The molecule has 3 aliphatic rings. The third-order valence-corrected chi connectivity index (χ3v) is 6.74. The summed E-state index contributed by atoms with van der Waals surface area (Å²) in [6, 6.07) is 11.6. The SMILES string of the molecule is C[C@@H]1CN2C(=N[C@@H](c3ccccn3)[C@@H]2c2ccc(N3CCCC3)c(F)c2)S1. The minimum Gasteiger partial charge on any atom is -0.369 e. The minimum atomic E-state index is -0.123. The number of halogens is 1. The van der Waals surface area contributed by atoms with Crippen LogP contribution in [-0.2, 0) is 0 Å². The van der Waals surface area contributed by atoms with Crippen LogP contribution in [-0.4, -0.2) is 39.9 Å². The number of benzene rings is 1. The first-order valence-corrected chi connectivity index (χ1v) is 10.5. The number of anilines is 1. The fraction of sp³-hybridized carbons (Fsp3) is 0.429. The fourth-order valence-electron chi connectivity index (χ4n) is 4.40. The molecule has 140 valence electrons. The molecule has 6 heteroatoms. The Hall–Kier alpha value is -2.08. The Kier molecular flexibility index (Phi) is 4.31. The molecule has 3 atom stereocenters. The summed E-state index contributed by atoms with van der Waals surface area (Å²) in [5.41, 5.74) is 2.66. The summed E-state index contributed by atoms with van der Waals surface area (Å²) in [6.07, 6.45) is 4.10. The zero-order valence-corrected chi connectivity index (χ0v) is 16.2. The van der Waals surface area contributed by atoms with Crippen molar-refractivity contribution in [3.8, 4) is 0 Å². The lowest BCUT2D eigenvalue weighted by molar-refractivity contribution is 0.320. The Bertz CT molecular complexity index is 866. The molecule has 1 aromatic carbocycles. The van der Waals surface area contributed by atoms with E-state index in [0.29, 0.717) is 5.25 Å². The maximum absolute atomic E-state index is 15.0. The van der Waals surface area contributed by atoms with Crippen LogP contribution in [0.5, 0.6) is 0 Å². The highest BCUT2D eigenvalue weighted by Crippen LogP contribution is 2.47. The van der Waals surface area contributed by atoms with Crippen molar-refractivity contribution >= 4 is 22.6 Å². The lowest BCUT2D eigenvalue weighted by Gasteiger charge is -2.28. The van der Waals surface area contributed by atoms with Gasteiger partial charge in [0.25, 0.3) is 0 Å². The van der Waals surface area contributed by atoms with Gasteiger partial charge in [0, 0.05) is 31.1 Å². The molecule has 1 aromatic heterocycles. The molecule has 4 nitrogen and oxygen atoms in total. The van der Waals surface area contributed by atoms with E-state index < -0.39 is 0 Å². The van der Waals surface area contributed by atoms with Crippen molar-refractivity contribution in [1.82, 2.24) is 9.88 Å². The van der Waals surface area contributed by atoms with E-state index in [9.17, 15) is 4.39 Å². The van der Waals surface area contributed by atoms with Crippen LogP contribution in [0.1, 0.15) is 43.1 Å². The van der Waals surface area contributed by atoms with Crippen molar-refractivity contribution in [1.29, 1.82) is 0 Å². The summed E-state index contributed by atoms with van der Waals surface area (Å²) in [5, 5.41) is 1.57. The molecule has 2 fully saturated rings. The summed E-state index contributed by atoms with van der Waals surface area (Å²) < 4.78 is 15.0. The molecule has 5 rings (SSSR count). The summed E-state index contributed by atoms with van der Waals surface area (Å²) in [4.78, 5) is 14.0. The molecule has 0 bridgehead atoms. The van der Waals surface area contributed by atoms with E-state index in [4.69, 9.17) is 4.99 Å². The Morgan fingerprint density at radius 1 is 1.15 bits per heavy atom. The molecule has 0 saturated carbocycles. The molecule has 0 radical (unpaired) electrons. The van der Waals surface area contributed by atoms with Crippen molar-refractivity contribution in [2.75, 3.05) is 24.5 Å². The lowest BCUT2D eigenvalue weighted by Crippen LogP contribution is -2.29. The van der Waals surface area contributed by atoms with Crippen LogP contribution in [0.15, 0.2) is 47.6 Å². The Balaban J connectivity index is 1.52. The molecule has 0 N–H and O–H groups in total. The van der Waals surface area contributed by atoms with Crippen LogP contribution in [0.25, 0.3) is 0 Å². The Morgan fingerprint density at radius 3 is 2.74 bits per heavy atom. The zero-order chi connectivity index (χ0) is 18.4. The monoisotopic (exact) mass is 382 g/mol. The number of nitrogens with zero attached hydrogens (tertiary/aromatic N) is 4. The summed E-state index contributed by atoms with van der Waals surface area (Å²) in [5.74, 6) is -0.123. The number of aromatic nitrogens is 1. The van der Waals surface area contributed by atoms with Crippen molar-refractivity contribution in [3.05, 3.63) is 59.7 Å². The van der Waals surface area contributed by atoms with Crippen molar-refractivity contribution in [3.63, 3.8) is 0 Å². The molecule has 0 spiro atoms. The van der Waals surface area contributed by atoms with E-state index in [-0.39, 0.29) is 17.9 Å². The Morgan fingerprint density at radius 2 is 2.00 bits per heavy atom. The molecular formula is C21H23FN4S. The third-order valence-electron chi connectivity index (χ3n) is 5.64. The summed E-state index contributed by atoms with van der Waals surface area (Å²) in [6.45, 7) is 5.05. The maximum atomic E-state index is 15.0. The lowest BCUT2D eigenvalue weighted by atomic mass is 9.96. The molecule has 0 amide bonds. The third kappa shape index (κ3) is 3.00. The number of fused-ring (bicyclic) bond motifs is 1. The highest BCUT2D eigenvalue weighted by Gasteiger charge is 2.43. The first-order chi connectivity index (χ1) is 13.2. The van der Waals surface area contributed by atoms with Crippen LogP contribution in [0, 0.1) is 5.82 Å². The largest absolute Gasteiger partial charge is 0.369 e. The van der Waals surface area contributed by atoms with Crippen LogP contribution < -0.4 is 4.90 Å². The van der Waals surface area contributed by atoms with Gasteiger partial charge in [-0.05, 0) is 42.7 Å². The van der Waals surface area contributed by atoms with Gasteiger partial charge in [0.2, 0.25) is 0 Å². The number of aliphatic imine (C=N–C) groups is 1. The van der Waals surface area contributed by atoms with Gasteiger partial charge in [-0.15, -0.1) is 0 Å². The smallest absolute Gasteiger partial charge is 0.160 e. The van der Waals surface area contributed by atoms with Gasteiger partial charge < -0.3 is 9.80 Å². The first kappa shape index (κ1) is 17.0. The van der Waals surface area contributed by atoms with Crippen LogP contribution >= 0.6 is 11.8 Å². The highest BCUT2D eigenvalue weighted by molar-refractivity contribution is 8.14. The molecule has 27 heavy (non-hydrogen) atoms. The van der Waals surface area contributed by atoms with E-state index in [0.717, 1.165) is 54.6 Å². The van der Waals surface area contributed by atoms with Gasteiger partial charge >= 0.3 is 0 Å². The fourth-order valence-corrected chi connectivity index (χ4v) is 5.49. The van der Waals surface area contributed by atoms with Gasteiger partial charge in [-0.3, -0.25) is 9.98 Å². The van der Waals surface area contributed by atoms with Crippen molar-refractivity contribution in [2.45, 2.75) is 37.1 Å². The zero-order valence-electron chi connectivity index (χ0n) is 15.4. The predicted octanol–water partition coefficient (Wildman–Crippen LogP) is 4.41. The van der Waals surface area contributed by atoms with Gasteiger partial charge in [-0.2, -0.15) is 0 Å². The van der Waals surface area contributed by atoms with E-state index in [1.165, 1.54) is 0 Å². The van der Waals surface area contributed by atoms with Gasteiger partial charge in [-0.25, -0.2) is 4.39 Å². The topological polar surface area (TPSA) is 31.7 Å². The van der Waals surface area contributed by atoms with E-state index in [1.54, 1.807) is 17.8 Å². The van der Waals surface area contributed by atoms with Crippen LogP contribution in [0.2, 0.25) is 0 Å². The second-order valence-corrected chi connectivity index (χ2v) is 8.95. The second kappa shape index (κ2) is 6.82. The summed E-state index contributed by atoms with van der Waals surface area (Å²) >= 11 is 1.81. The number of amidine groups is 1. The van der Waals surface area contributed by atoms with Gasteiger partial charge in [0.15, 0.2) is 5.17 Å². The maximum Gasteiger partial charge on any atom is 0.160 e. The predicted molar refractivity (Wildman–Crippen MR) is 109 cm³/mol. The van der Waals surface area contributed by atoms with Gasteiger partial charge in [-0.1, -0.05) is 30.8 Å². The van der Waals surface area contributed by atoms with Crippen LogP contribution in [0.3, 0.4) is 0 Å². The number of pyridine rings is 1. The number of thioether (sulfide) groups is 1. The highest BCUT2D eigenvalue weighted by atomic mass is 32.2. The number of rotatable bonds is 3. The molecule has 0 aliphatic carbocycles. The van der Waals surface area contributed by atoms with Crippen molar-refractivity contribution < 1.29 is 4.39 Å². The van der Waals surface area contributed by atoms with E-state index in [2.05, 4.69) is 27.8 Å². The van der Waals surface area contributed by atoms with Crippen molar-refractivity contribution in [2.24, 2.45) is 4.99 Å². The average molecular weight is 383 g/mol. The summed E-state index contributed by atoms with van der Waals surface area (Å²) in [7, 11) is 0. The van der Waals surface area contributed by atoms with E-state index >= 15 is 0 Å². The Labute approximate surface area is 163 Å². The average Bonchev–Trinajstić information content (AvgIpc) is 3.38. The minimum absolute atomic E-state index is 0.00878. The molecule has 4 heterocycles.